The minimum Gasteiger partial charge on any atom is -0.313 e. The van der Waals surface area contributed by atoms with Crippen LogP contribution < -0.4 is 5.32 Å². The molecule has 0 amide bonds. The monoisotopic (exact) mass is 252 g/mol. The fourth-order valence-electron chi connectivity index (χ4n) is 4.00. The van der Waals surface area contributed by atoms with E-state index in [2.05, 4.69) is 24.1 Å². The van der Waals surface area contributed by atoms with Crippen LogP contribution in [0.15, 0.2) is 0 Å². The average Bonchev–Trinajstić information content (AvgIpc) is 2.44. The zero-order chi connectivity index (χ0) is 12.8. The molecule has 0 unspecified atom stereocenters. The van der Waals surface area contributed by atoms with Crippen molar-refractivity contribution in [3.8, 4) is 0 Å². The second kappa shape index (κ2) is 7.49. The molecule has 2 rings (SSSR count). The molecule has 0 aromatic carbocycles. The Morgan fingerprint density at radius 1 is 1.06 bits per heavy atom. The van der Waals surface area contributed by atoms with Crippen LogP contribution in [0.4, 0.5) is 0 Å². The second-order valence-corrected chi connectivity index (χ2v) is 6.26. The maximum atomic E-state index is 3.72. The van der Waals surface area contributed by atoms with Gasteiger partial charge in [-0.15, -0.1) is 0 Å². The highest BCUT2D eigenvalue weighted by atomic mass is 15.2. The normalized spacial score (nSPS) is 29.5. The van der Waals surface area contributed by atoms with Gasteiger partial charge in [0.15, 0.2) is 0 Å². The molecule has 0 aromatic heterocycles. The minimum atomic E-state index is 0.733. The van der Waals surface area contributed by atoms with Crippen molar-refractivity contribution in [3.05, 3.63) is 0 Å². The highest BCUT2D eigenvalue weighted by molar-refractivity contribution is 4.87. The molecule has 0 aromatic rings. The SMILES string of the molecule is CCC(CC)NCCN1CCC[C@H]2CCCC[C@H]21. The van der Waals surface area contributed by atoms with Crippen LogP contribution in [0.25, 0.3) is 0 Å². The van der Waals surface area contributed by atoms with Gasteiger partial charge in [-0.05, 0) is 51.0 Å². The van der Waals surface area contributed by atoms with E-state index in [1.165, 1.54) is 71.0 Å². The molecule has 1 N–H and O–H groups in total. The van der Waals surface area contributed by atoms with Crippen LogP contribution in [-0.4, -0.2) is 36.6 Å². The summed E-state index contributed by atoms with van der Waals surface area (Å²) in [6.07, 6.45) is 11.4. The van der Waals surface area contributed by atoms with Crippen LogP contribution in [0.3, 0.4) is 0 Å². The number of piperidine rings is 1. The molecule has 1 saturated carbocycles. The van der Waals surface area contributed by atoms with Gasteiger partial charge in [0.25, 0.3) is 0 Å². The van der Waals surface area contributed by atoms with Gasteiger partial charge < -0.3 is 5.32 Å². The highest BCUT2D eigenvalue weighted by Crippen LogP contribution is 2.34. The molecule has 0 radical (unpaired) electrons. The summed E-state index contributed by atoms with van der Waals surface area (Å²) in [6.45, 7) is 8.40. The standard InChI is InChI=1S/C16H32N2/c1-3-15(4-2)17-11-13-18-12-7-9-14-8-5-6-10-16(14)18/h14-17H,3-13H2,1-2H3/t14-,16-/m1/s1. The first-order valence-corrected chi connectivity index (χ1v) is 8.32. The number of nitrogens with zero attached hydrogens (tertiary/aromatic N) is 1. The van der Waals surface area contributed by atoms with Crippen molar-refractivity contribution in [3.63, 3.8) is 0 Å². The van der Waals surface area contributed by atoms with E-state index < -0.39 is 0 Å². The topological polar surface area (TPSA) is 15.3 Å². The summed E-state index contributed by atoms with van der Waals surface area (Å²) in [5.41, 5.74) is 0. The van der Waals surface area contributed by atoms with Crippen molar-refractivity contribution in [2.75, 3.05) is 19.6 Å². The molecule has 2 nitrogen and oxygen atoms in total. The van der Waals surface area contributed by atoms with E-state index in [0.717, 1.165) is 18.0 Å². The van der Waals surface area contributed by atoms with Gasteiger partial charge in [-0.3, -0.25) is 4.90 Å². The Bertz CT molecular complexity index is 223. The van der Waals surface area contributed by atoms with E-state index in [9.17, 15) is 0 Å². The number of fused-ring (bicyclic) bond motifs is 1. The largest absolute Gasteiger partial charge is 0.313 e. The summed E-state index contributed by atoms with van der Waals surface area (Å²) >= 11 is 0. The van der Waals surface area contributed by atoms with Crippen molar-refractivity contribution >= 4 is 0 Å². The molecule has 0 bridgehead atoms. The highest BCUT2D eigenvalue weighted by Gasteiger charge is 2.32. The first-order chi connectivity index (χ1) is 8.85. The van der Waals surface area contributed by atoms with Crippen LogP contribution in [-0.2, 0) is 0 Å². The molecule has 2 heteroatoms. The van der Waals surface area contributed by atoms with Gasteiger partial charge in [0.2, 0.25) is 0 Å². The van der Waals surface area contributed by atoms with Crippen molar-refractivity contribution in [2.45, 2.75) is 77.3 Å². The number of hydrogen-bond donors (Lipinski definition) is 1. The summed E-state index contributed by atoms with van der Waals surface area (Å²) in [7, 11) is 0. The third kappa shape index (κ3) is 3.71. The van der Waals surface area contributed by atoms with Gasteiger partial charge in [-0.2, -0.15) is 0 Å². The van der Waals surface area contributed by atoms with Crippen molar-refractivity contribution in [2.24, 2.45) is 5.92 Å². The van der Waals surface area contributed by atoms with E-state index in [4.69, 9.17) is 0 Å². The predicted octanol–water partition coefficient (Wildman–Crippen LogP) is 3.42. The third-order valence-corrected chi connectivity index (χ3v) is 5.18. The maximum Gasteiger partial charge on any atom is 0.0124 e. The molecule has 2 atom stereocenters. The molecule has 0 spiro atoms. The van der Waals surface area contributed by atoms with Crippen molar-refractivity contribution in [1.29, 1.82) is 0 Å². The molecule has 1 aliphatic heterocycles. The van der Waals surface area contributed by atoms with E-state index in [-0.39, 0.29) is 0 Å². The lowest BCUT2D eigenvalue weighted by Gasteiger charge is -2.44. The van der Waals surface area contributed by atoms with E-state index in [1.807, 2.05) is 0 Å². The lowest BCUT2D eigenvalue weighted by Crippen LogP contribution is -2.49. The van der Waals surface area contributed by atoms with Gasteiger partial charge in [-0.1, -0.05) is 26.7 Å². The fraction of sp³-hybridized carbons (Fsp3) is 1.00. The van der Waals surface area contributed by atoms with E-state index in [1.54, 1.807) is 0 Å². The van der Waals surface area contributed by atoms with Crippen LogP contribution >= 0.6 is 0 Å². The molecule has 1 aliphatic carbocycles. The molecular formula is C16H32N2. The summed E-state index contributed by atoms with van der Waals surface area (Å²) in [5, 5.41) is 3.72. The van der Waals surface area contributed by atoms with Crippen LogP contribution in [0.1, 0.15) is 65.2 Å². The molecule has 2 fully saturated rings. The zero-order valence-electron chi connectivity index (χ0n) is 12.5. The number of nitrogens with one attached hydrogen (secondary N) is 1. The molecular weight excluding hydrogens is 220 g/mol. The van der Waals surface area contributed by atoms with Crippen molar-refractivity contribution in [1.82, 2.24) is 10.2 Å². The Kier molecular flexibility index (Phi) is 5.97. The van der Waals surface area contributed by atoms with Gasteiger partial charge in [0, 0.05) is 25.2 Å². The summed E-state index contributed by atoms with van der Waals surface area (Å²) < 4.78 is 0. The second-order valence-electron chi connectivity index (χ2n) is 6.26. The molecule has 18 heavy (non-hydrogen) atoms. The minimum absolute atomic E-state index is 0.733. The number of hydrogen-bond acceptors (Lipinski definition) is 2. The lowest BCUT2D eigenvalue weighted by molar-refractivity contribution is 0.0612. The Hall–Kier alpha value is -0.0800. The third-order valence-electron chi connectivity index (χ3n) is 5.18. The van der Waals surface area contributed by atoms with E-state index >= 15 is 0 Å². The number of likely N-dealkylation sites (tertiary alicyclic amines) is 1. The molecule has 106 valence electrons. The van der Waals surface area contributed by atoms with E-state index in [0.29, 0.717) is 0 Å². The van der Waals surface area contributed by atoms with Gasteiger partial charge in [0.1, 0.15) is 0 Å². The van der Waals surface area contributed by atoms with Crippen LogP contribution in [0, 0.1) is 5.92 Å². The fourth-order valence-corrected chi connectivity index (χ4v) is 4.00. The predicted molar refractivity (Wildman–Crippen MR) is 78.9 cm³/mol. The number of rotatable bonds is 6. The maximum absolute atomic E-state index is 3.72. The Balaban J connectivity index is 1.73. The smallest absolute Gasteiger partial charge is 0.0124 e. The van der Waals surface area contributed by atoms with Crippen LogP contribution in [0.2, 0.25) is 0 Å². The van der Waals surface area contributed by atoms with Crippen LogP contribution in [0.5, 0.6) is 0 Å². The Morgan fingerprint density at radius 3 is 2.56 bits per heavy atom. The zero-order valence-corrected chi connectivity index (χ0v) is 12.5. The molecule has 2 aliphatic rings. The lowest BCUT2D eigenvalue weighted by atomic mass is 9.78. The first kappa shape index (κ1) is 14.3. The summed E-state index contributed by atoms with van der Waals surface area (Å²) in [4.78, 5) is 2.79. The van der Waals surface area contributed by atoms with Gasteiger partial charge >= 0.3 is 0 Å². The Morgan fingerprint density at radius 2 is 1.78 bits per heavy atom. The van der Waals surface area contributed by atoms with Crippen molar-refractivity contribution < 1.29 is 0 Å². The average molecular weight is 252 g/mol. The summed E-state index contributed by atoms with van der Waals surface area (Å²) in [6, 6.07) is 1.66. The first-order valence-electron chi connectivity index (χ1n) is 8.32. The van der Waals surface area contributed by atoms with Gasteiger partial charge in [-0.25, -0.2) is 0 Å². The molecule has 1 heterocycles. The summed E-state index contributed by atoms with van der Waals surface area (Å²) in [5.74, 6) is 1.03. The Labute approximate surface area is 114 Å². The van der Waals surface area contributed by atoms with Gasteiger partial charge in [0.05, 0.1) is 0 Å². The quantitative estimate of drug-likeness (QED) is 0.779. The molecule has 1 saturated heterocycles.